The number of carboxylic acids is 1. The number of alkyl halides is 1. The first-order valence-corrected chi connectivity index (χ1v) is 6.37. The van der Waals surface area contributed by atoms with E-state index < -0.39 is 11.6 Å². The lowest BCUT2D eigenvalue weighted by Crippen LogP contribution is -2.54. The van der Waals surface area contributed by atoms with Gasteiger partial charge in [-0.2, -0.15) is 0 Å². The van der Waals surface area contributed by atoms with Crippen molar-refractivity contribution in [1.29, 1.82) is 0 Å². The molecule has 3 nitrogen and oxygen atoms in total. The van der Waals surface area contributed by atoms with Crippen LogP contribution < -0.4 is 0 Å². The smallest absolute Gasteiger partial charge is 0.330 e. The van der Waals surface area contributed by atoms with Crippen molar-refractivity contribution in [1.82, 2.24) is 4.90 Å². The van der Waals surface area contributed by atoms with E-state index in [1.165, 1.54) is 0 Å². The lowest BCUT2D eigenvalue weighted by molar-refractivity contribution is -0.132. The van der Waals surface area contributed by atoms with E-state index in [2.05, 4.69) is 25.7 Å². The van der Waals surface area contributed by atoms with Gasteiger partial charge < -0.3 is 5.11 Å². The van der Waals surface area contributed by atoms with Crippen LogP contribution in [0.15, 0.2) is 11.6 Å². The SMILES string of the molecule is C/C(=C\C1CN(C(C)(C)C)CC(C)(F)C1)C(=O)O. The van der Waals surface area contributed by atoms with Gasteiger partial charge in [0, 0.05) is 24.2 Å². The van der Waals surface area contributed by atoms with E-state index in [0.29, 0.717) is 25.1 Å². The Morgan fingerprint density at radius 1 is 1.50 bits per heavy atom. The number of carboxylic acid groups (broad SMARTS) is 1. The van der Waals surface area contributed by atoms with Crippen LogP contribution in [0.4, 0.5) is 4.39 Å². The molecule has 0 aliphatic carbocycles. The van der Waals surface area contributed by atoms with Gasteiger partial charge in [-0.25, -0.2) is 9.18 Å². The Labute approximate surface area is 109 Å². The van der Waals surface area contributed by atoms with E-state index in [1.54, 1.807) is 19.9 Å². The maximum atomic E-state index is 14.3. The Bertz CT molecular complexity index is 355. The predicted molar refractivity (Wildman–Crippen MR) is 70.3 cm³/mol. The molecule has 1 saturated heterocycles. The molecule has 2 atom stereocenters. The summed E-state index contributed by atoms with van der Waals surface area (Å²) in [6.45, 7) is 10.5. The molecule has 1 N–H and O–H groups in total. The number of hydrogen-bond acceptors (Lipinski definition) is 2. The minimum Gasteiger partial charge on any atom is -0.478 e. The fraction of sp³-hybridized carbons (Fsp3) is 0.786. The molecule has 0 aromatic rings. The minimum absolute atomic E-state index is 0.0379. The van der Waals surface area contributed by atoms with Gasteiger partial charge in [0.15, 0.2) is 0 Å². The first-order valence-electron chi connectivity index (χ1n) is 6.37. The molecule has 1 fully saturated rings. The molecule has 1 aliphatic heterocycles. The van der Waals surface area contributed by atoms with Crippen molar-refractivity contribution in [2.75, 3.05) is 13.1 Å². The van der Waals surface area contributed by atoms with E-state index in [0.717, 1.165) is 0 Å². The molecule has 0 radical (unpaired) electrons. The first kappa shape index (κ1) is 15.2. The Hall–Kier alpha value is -0.900. The summed E-state index contributed by atoms with van der Waals surface area (Å²) in [5, 5.41) is 8.89. The summed E-state index contributed by atoms with van der Waals surface area (Å²) in [6.07, 6.45) is 2.09. The van der Waals surface area contributed by atoms with E-state index in [9.17, 15) is 9.18 Å². The molecule has 0 amide bonds. The number of nitrogens with zero attached hydrogens (tertiary/aromatic N) is 1. The third-order valence-corrected chi connectivity index (χ3v) is 3.43. The fourth-order valence-corrected chi connectivity index (χ4v) is 2.47. The minimum atomic E-state index is -1.26. The average molecular weight is 257 g/mol. The number of halogens is 1. The molecule has 104 valence electrons. The Morgan fingerprint density at radius 3 is 2.50 bits per heavy atom. The molecular formula is C14H24FNO2. The second-order valence-corrected chi connectivity index (χ2v) is 6.58. The standard InChI is InChI=1S/C14H24FNO2/c1-10(12(17)18)6-11-7-14(5,15)9-16(8-11)13(2,3)4/h6,11H,7-9H2,1-5H3,(H,17,18)/b10-6+. The monoisotopic (exact) mass is 257 g/mol. The maximum absolute atomic E-state index is 14.3. The van der Waals surface area contributed by atoms with Crippen LogP contribution in [-0.4, -0.2) is 40.3 Å². The van der Waals surface area contributed by atoms with E-state index in [4.69, 9.17) is 5.11 Å². The number of hydrogen-bond donors (Lipinski definition) is 1. The second-order valence-electron chi connectivity index (χ2n) is 6.58. The molecule has 4 heteroatoms. The number of likely N-dealkylation sites (tertiary alicyclic amines) is 1. The van der Waals surface area contributed by atoms with Crippen molar-refractivity contribution < 1.29 is 14.3 Å². The quantitative estimate of drug-likeness (QED) is 0.773. The van der Waals surface area contributed by atoms with E-state index in [-0.39, 0.29) is 11.5 Å². The zero-order chi connectivity index (χ0) is 14.1. The zero-order valence-electron chi connectivity index (χ0n) is 12.0. The average Bonchev–Trinajstić information content (AvgIpc) is 2.13. The molecule has 0 spiro atoms. The molecule has 0 bridgehead atoms. The lowest BCUT2D eigenvalue weighted by atomic mass is 9.84. The van der Waals surface area contributed by atoms with Gasteiger partial charge in [-0.1, -0.05) is 6.08 Å². The molecule has 1 aliphatic rings. The molecule has 1 heterocycles. The van der Waals surface area contributed by atoms with Gasteiger partial charge in [0.2, 0.25) is 0 Å². The van der Waals surface area contributed by atoms with E-state index >= 15 is 0 Å². The number of carbonyl (C=O) groups is 1. The summed E-state index contributed by atoms with van der Waals surface area (Å²) in [5.74, 6) is -0.965. The number of aliphatic carboxylic acids is 1. The van der Waals surface area contributed by atoms with Crippen molar-refractivity contribution >= 4 is 5.97 Å². The van der Waals surface area contributed by atoms with Crippen LogP contribution >= 0.6 is 0 Å². The summed E-state index contributed by atoms with van der Waals surface area (Å²) in [7, 11) is 0. The molecule has 18 heavy (non-hydrogen) atoms. The normalized spacial score (nSPS) is 31.4. The fourth-order valence-electron chi connectivity index (χ4n) is 2.47. The van der Waals surface area contributed by atoms with Crippen LogP contribution in [0.5, 0.6) is 0 Å². The summed E-state index contributed by atoms with van der Waals surface area (Å²) in [4.78, 5) is 12.9. The summed E-state index contributed by atoms with van der Waals surface area (Å²) >= 11 is 0. The van der Waals surface area contributed by atoms with Crippen molar-refractivity contribution in [2.24, 2.45) is 5.92 Å². The van der Waals surface area contributed by atoms with Gasteiger partial charge in [0.1, 0.15) is 5.67 Å². The highest BCUT2D eigenvalue weighted by atomic mass is 19.1. The first-order chi connectivity index (χ1) is 8.01. The summed E-state index contributed by atoms with van der Waals surface area (Å²) in [6, 6.07) is 0. The largest absolute Gasteiger partial charge is 0.478 e. The van der Waals surface area contributed by atoms with Gasteiger partial charge in [-0.15, -0.1) is 0 Å². The van der Waals surface area contributed by atoms with Crippen LogP contribution in [0, 0.1) is 5.92 Å². The van der Waals surface area contributed by atoms with Crippen molar-refractivity contribution in [2.45, 2.75) is 52.2 Å². The third-order valence-electron chi connectivity index (χ3n) is 3.43. The topological polar surface area (TPSA) is 40.5 Å². The molecule has 2 unspecified atom stereocenters. The number of rotatable bonds is 2. The Morgan fingerprint density at radius 2 is 2.06 bits per heavy atom. The molecule has 0 aromatic carbocycles. The summed E-state index contributed by atoms with van der Waals surface area (Å²) < 4.78 is 14.3. The van der Waals surface area contributed by atoms with E-state index in [1.807, 2.05) is 0 Å². The zero-order valence-corrected chi connectivity index (χ0v) is 12.0. The highest BCUT2D eigenvalue weighted by molar-refractivity contribution is 5.85. The van der Waals surface area contributed by atoms with Crippen molar-refractivity contribution in [3.63, 3.8) is 0 Å². The maximum Gasteiger partial charge on any atom is 0.330 e. The van der Waals surface area contributed by atoms with Gasteiger partial charge in [-0.3, -0.25) is 4.90 Å². The van der Waals surface area contributed by atoms with Gasteiger partial charge in [0.25, 0.3) is 0 Å². The van der Waals surface area contributed by atoms with Gasteiger partial charge in [0.05, 0.1) is 0 Å². The van der Waals surface area contributed by atoms with Crippen LogP contribution in [0.1, 0.15) is 41.0 Å². The van der Waals surface area contributed by atoms with Crippen LogP contribution in [0.2, 0.25) is 0 Å². The molecular weight excluding hydrogens is 233 g/mol. The molecule has 1 rings (SSSR count). The Balaban J connectivity index is 2.88. The highest BCUT2D eigenvalue weighted by Crippen LogP contribution is 2.33. The highest BCUT2D eigenvalue weighted by Gasteiger charge is 2.39. The van der Waals surface area contributed by atoms with Crippen molar-refractivity contribution in [3.8, 4) is 0 Å². The Kier molecular flexibility index (Phi) is 4.21. The third kappa shape index (κ3) is 4.09. The van der Waals surface area contributed by atoms with Crippen molar-refractivity contribution in [3.05, 3.63) is 11.6 Å². The van der Waals surface area contributed by atoms with Crippen LogP contribution in [0.25, 0.3) is 0 Å². The molecule has 0 saturated carbocycles. The van der Waals surface area contributed by atoms with Crippen LogP contribution in [-0.2, 0) is 4.79 Å². The number of piperidine rings is 1. The predicted octanol–water partition coefficient (Wildman–Crippen LogP) is 2.87. The summed E-state index contributed by atoms with van der Waals surface area (Å²) in [5.41, 5.74) is -1.06. The molecule has 0 aromatic heterocycles. The second kappa shape index (κ2) is 5.00. The van der Waals surface area contributed by atoms with Gasteiger partial charge >= 0.3 is 5.97 Å². The van der Waals surface area contributed by atoms with Gasteiger partial charge in [-0.05, 0) is 47.0 Å². The lowest BCUT2D eigenvalue weighted by Gasteiger charge is -2.45. The van der Waals surface area contributed by atoms with Crippen LogP contribution in [0.3, 0.4) is 0 Å².